The molecule has 1 fully saturated rings. The molecule has 118 valence electrons. The summed E-state index contributed by atoms with van der Waals surface area (Å²) in [5.74, 6) is -1.23. The SMILES string of the molecule is NC(=O)[C@H](Cc1cc(Cl)ccc1Br)NC(=O)[C@H]1CCC(=O)N1. The van der Waals surface area contributed by atoms with Crippen LogP contribution in [0.5, 0.6) is 0 Å². The van der Waals surface area contributed by atoms with E-state index >= 15 is 0 Å². The fourth-order valence-corrected chi connectivity index (χ4v) is 2.83. The Morgan fingerprint density at radius 3 is 2.82 bits per heavy atom. The maximum atomic E-state index is 12.1. The van der Waals surface area contributed by atoms with Crippen LogP contribution in [0.4, 0.5) is 0 Å². The first-order chi connectivity index (χ1) is 10.4. The Morgan fingerprint density at radius 1 is 1.50 bits per heavy atom. The van der Waals surface area contributed by atoms with Crippen LogP contribution in [0.3, 0.4) is 0 Å². The maximum absolute atomic E-state index is 12.1. The van der Waals surface area contributed by atoms with Crippen LogP contribution in [0.25, 0.3) is 0 Å². The van der Waals surface area contributed by atoms with Gasteiger partial charge in [0, 0.05) is 22.3 Å². The predicted molar refractivity (Wildman–Crippen MR) is 85.1 cm³/mol. The highest BCUT2D eigenvalue weighted by Gasteiger charge is 2.30. The van der Waals surface area contributed by atoms with Crippen molar-refractivity contribution in [3.63, 3.8) is 0 Å². The third-order valence-electron chi connectivity index (χ3n) is 3.40. The third-order valence-corrected chi connectivity index (χ3v) is 4.41. The second kappa shape index (κ2) is 7.11. The van der Waals surface area contributed by atoms with Gasteiger partial charge in [0.25, 0.3) is 0 Å². The lowest BCUT2D eigenvalue weighted by atomic mass is 10.0. The smallest absolute Gasteiger partial charge is 0.243 e. The highest BCUT2D eigenvalue weighted by Crippen LogP contribution is 2.22. The molecule has 8 heteroatoms. The lowest BCUT2D eigenvalue weighted by molar-refractivity contribution is -0.129. The van der Waals surface area contributed by atoms with Crippen molar-refractivity contribution in [3.8, 4) is 0 Å². The highest BCUT2D eigenvalue weighted by atomic mass is 79.9. The summed E-state index contributed by atoms with van der Waals surface area (Å²) in [5.41, 5.74) is 6.11. The molecule has 2 atom stereocenters. The number of nitrogens with one attached hydrogen (secondary N) is 2. The molecule has 2 rings (SSSR count). The number of hydrogen-bond donors (Lipinski definition) is 3. The minimum Gasteiger partial charge on any atom is -0.368 e. The number of rotatable bonds is 5. The minimum absolute atomic E-state index is 0.173. The average Bonchev–Trinajstić information content (AvgIpc) is 2.88. The summed E-state index contributed by atoms with van der Waals surface area (Å²) < 4.78 is 0.770. The molecule has 4 N–H and O–H groups in total. The van der Waals surface area contributed by atoms with E-state index in [-0.39, 0.29) is 12.3 Å². The van der Waals surface area contributed by atoms with Gasteiger partial charge in [0.1, 0.15) is 12.1 Å². The maximum Gasteiger partial charge on any atom is 0.243 e. The Hall–Kier alpha value is -1.60. The second-order valence-corrected chi connectivity index (χ2v) is 6.35. The van der Waals surface area contributed by atoms with Crippen molar-refractivity contribution in [1.29, 1.82) is 0 Å². The molecule has 0 unspecified atom stereocenters. The molecular weight excluding hydrogens is 374 g/mol. The normalized spacial score (nSPS) is 18.6. The van der Waals surface area contributed by atoms with Gasteiger partial charge in [-0.3, -0.25) is 14.4 Å². The zero-order valence-electron chi connectivity index (χ0n) is 11.6. The second-order valence-electron chi connectivity index (χ2n) is 5.06. The van der Waals surface area contributed by atoms with Crippen molar-refractivity contribution >= 4 is 45.3 Å². The molecule has 1 aromatic rings. The van der Waals surface area contributed by atoms with Gasteiger partial charge in [-0.05, 0) is 30.2 Å². The van der Waals surface area contributed by atoms with Crippen LogP contribution in [-0.4, -0.2) is 29.8 Å². The Bertz CT molecular complexity index is 623. The van der Waals surface area contributed by atoms with Gasteiger partial charge in [-0.1, -0.05) is 27.5 Å². The Morgan fingerprint density at radius 2 is 2.23 bits per heavy atom. The van der Waals surface area contributed by atoms with Crippen molar-refractivity contribution in [1.82, 2.24) is 10.6 Å². The number of halogens is 2. The molecule has 1 aromatic carbocycles. The Labute approximate surface area is 140 Å². The van der Waals surface area contributed by atoms with Crippen LogP contribution < -0.4 is 16.4 Å². The van der Waals surface area contributed by atoms with Crippen LogP contribution in [0.2, 0.25) is 5.02 Å². The largest absolute Gasteiger partial charge is 0.368 e. The Kier molecular flexibility index (Phi) is 5.42. The van der Waals surface area contributed by atoms with E-state index in [0.29, 0.717) is 17.9 Å². The number of amides is 3. The molecule has 0 saturated carbocycles. The van der Waals surface area contributed by atoms with E-state index in [0.717, 1.165) is 10.0 Å². The van der Waals surface area contributed by atoms with Crippen molar-refractivity contribution in [2.24, 2.45) is 5.73 Å². The Balaban J connectivity index is 2.07. The standard InChI is InChI=1S/C14H15BrClN3O3/c15-9-2-1-8(16)5-7(9)6-11(13(17)21)19-14(22)10-3-4-12(20)18-10/h1-2,5,10-11H,3-4,6H2,(H2,17,21)(H,18,20)(H,19,22)/t10-,11+/m1/s1. The zero-order chi connectivity index (χ0) is 16.3. The lowest BCUT2D eigenvalue weighted by Gasteiger charge is -2.19. The monoisotopic (exact) mass is 387 g/mol. The average molecular weight is 389 g/mol. The summed E-state index contributed by atoms with van der Waals surface area (Å²) in [4.78, 5) is 34.8. The van der Waals surface area contributed by atoms with Gasteiger partial charge in [0.05, 0.1) is 0 Å². The van der Waals surface area contributed by atoms with Gasteiger partial charge in [0.2, 0.25) is 17.7 Å². The van der Waals surface area contributed by atoms with E-state index in [1.807, 2.05) is 0 Å². The number of benzene rings is 1. The van der Waals surface area contributed by atoms with Gasteiger partial charge in [-0.2, -0.15) is 0 Å². The van der Waals surface area contributed by atoms with E-state index < -0.39 is 23.9 Å². The van der Waals surface area contributed by atoms with Crippen LogP contribution >= 0.6 is 27.5 Å². The number of primary amides is 1. The highest BCUT2D eigenvalue weighted by molar-refractivity contribution is 9.10. The summed E-state index contributed by atoms with van der Waals surface area (Å²) in [6.45, 7) is 0. The van der Waals surface area contributed by atoms with Gasteiger partial charge in [0.15, 0.2) is 0 Å². The molecule has 3 amide bonds. The quantitative estimate of drug-likeness (QED) is 0.698. The van der Waals surface area contributed by atoms with Gasteiger partial charge >= 0.3 is 0 Å². The summed E-state index contributed by atoms with van der Waals surface area (Å²) in [7, 11) is 0. The molecule has 0 aliphatic carbocycles. The van der Waals surface area contributed by atoms with Crippen molar-refractivity contribution in [2.45, 2.75) is 31.3 Å². The van der Waals surface area contributed by atoms with E-state index in [1.165, 1.54) is 0 Å². The molecule has 0 spiro atoms. The van der Waals surface area contributed by atoms with Crippen LogP contribution in [0, 0.1) is 0 Å². The number of carbonyl (C=O) groups is 3. The first-order valence-corrected chi connectivity index (χ1v) is 7.87. The first kappa shape index (κ1) is 16.8. The number of hydrogen-bond acceptors (Lipinski definition) is 3. The van der Waals surface area contributed by atoms with Gasteiger partial charge < -0.3 is 16.4 Å². The van der Waals surface area contributed by atoms with Crippen molar-refractivity contribution in [3.05, 3.63) is 33.3 Å². The van der Waals surface area contributed by atoms with Crippen LogP contribution in [-0.2, 0) is 20.8 Å². The molecule has 1 aliphatic rings. The van der Waals surface area contributed by atoms with E-state index in [2.05, 4.69) is 26.6 Å². The number of carbonyl (C=O) groups excluding carboxylic acids is 3. The molecule has 1 heterocycles. The fraction of sp³-hybridized carbons (Fsp3) is 0.357. The summed E-state index contributed by atoms with van der Waals surface area (Å²) in [6.07, 6.45) is 0.930. The molecule has 0 bridgehead atoms. The molecule has 22 heavy (non-hydrogen) atoms. The van der Waals surface area contributed by atoms with E-state index in [9.17, 15) is 14.4 Å². The van der Waals surface area contributed by atoms with Crippen LogP contribution in [0.1, 0.15) is 18.4 Å². The first-order valence-electron chi connectivity index (χ1n) is 6.70. The number of nitrogens with two attached hydrogens (primary N) is 1. The fourth-order valence-electron chi connectivity index (χ4n) is 2.23. The summed E-state index contributed by atoms with van der Waals surface area (Å²) in [5, 5.41) is 5.65. The third kappa shape index (κ3) is 4.20. The van der Waals surface area contributed by atoms with E-state index in [4.69, 9.17) is 17.3 Å². The van der Waals surface area contributed by atoms with Crippen LogP contribution in [0.15, 0.2) is 22.7 Å². The summed E-state index contributed by atoms with van der Waals surface area (Å²) >= 11 is 9.30. The molecular formula is C14H15BrClN3O3. The molecule has 6 nitrogen and oxygen atoms in total. The molecule has 0 aromatic heterocycles. The minimum atomic E-state index is -0.875. The van der Waals surface area contributed by atoms with Crippen molar-refractivity contribution in [2.75, 3.05) is 0 Å². The molecule has 1 aliphatic heterocycles. The topological polar surface area (TPSA) is 101 Å². The van der Waals surface area contributed by atoms with E-state index in [1.54, 1.807) is 18.2 Å². The van der Waals surface area contributed by atoms with Crippen molar-refractivity contribution < 1.29 is 14.4 Å². The summed E-state index contributed by atoms with van der Waals surface area (Å²) in [6, 6.07) is 3.68. The lowest BCUT2D eigenvalue weighted by Crippen LogP contribution is -2.51. The van der Waals surface area contributed by atoms with Gasteiger partial charge in [-0.15, -0.1) is 0 Å². The zero-order valence-corrected chi connectivity index (χ0v) is 13.9. The predicted octanol–water partition coefficient (Wildman–Crippen LogP) is 0.894. The van der Waals surface area contributed by atoms with Gasteiger partial charge in [-0.25, -0.2) is 0 Å². The molecule has 1 saturated heterocycles. The molecule has 0 radical (unpaired) electrons.